The van der Waals surface area contributed by atoms with Gasteiger partial charge in [0.2, 0.25) is 11.8 Å². The van der Waals surface area contributed by atoms with Gasteiger partial charge >= 0.3 is 62.7 Å². The van der Waals surface area contributed by atoms with Crippen LogP contribution in [0.4, 0.5) is 4.79 Å². The monoisotopic (exact) mass is 1470 g/mol. The van der Waals surface area contributed by atoms with Gasteiger partial charge in [-0.2, -0.15) is 16.8 Å². The maximum Gasteiger partial charge on any atom is 0.407 e. The molecule has 3 heterocycles. The number of hydrogen-bond acceptors (Lipinski definition) is 28. The Morgan fingerprint density at radius 1 is 0.427 bits per heavy atom. The number of methoxy groups -OCH3 is 1. The summed E-state index contributed by atoms with van der Waals surface area (Å²) in [5.41, 5.74) is -0.147. The van der Waals surface area contributed by atoms with Crippen LogP contribution in [0.15, 0.2) is 182 Å². The van der Waals surface area contributed by atoms with Gasteiger partial charge in [0.05, 0.1) is 41.5 Å². The Balaban J connectivity index is 1.19. The van der Waals surface area contributed by atoms with Gasteiger partial charge in [0.1, 0.15) is 68.5 Å². The number of esters is 6. The van der Waals surface area contributed by atoms with E-state index in [-0.39, 0.29) is 41.0 Å². The highest BCUT2D eigenvalue weighted by Gasteiger charge is 2.61. The van der Waals surface area contributed by atoms with Gasteiger partial charge in [-0.15, -0.1) is 0 Å². The highest BCUT2D eigenvalue weighted by atomic mass is 32.3. The van der Waals surface area contributed by atoms with Crippen LogP contribution in [0, 0.1) is 0 Å². The molecule has 3 saturated heterocycles. The van der Waals surface area contributed by atoms with Gasteiger partial charge in [-0.1, -0.05) is 121 Å². The summed E-state index contributed by atoms with van der Waals surface area (Å²) in [6.45, 7) is -1.24. The SMILES string of the molecule is COC(=O)[C@H]1O[C@@H](O[C@@H]2[C@@H](NC(C)=O)[C@H](OCCNC(=O)OCc3ccccc3)O[C@H](COC(=O)c3ccccc3)[C@@H]2OS(=O)(=O)O)[C@H](OC(=O)c2ccccc2)[C@@H](OC(=O)c2ccccc2)[C@@H]1O[C@@H]1O[C@H](COC(=O)c2ccccc2)[C@H](OS(=O)(=O)O)[C@H](OC(=O)c2ccccc2)[C@H]1NC(C)=O. The molecule has 3 aliphatic rings. The van der Waals surface area contributed by atoms with Crippen LogP contribution in [0.2, 0.25) is 0 Å². The molecule has 15 atom stereocenters. The fourth-order valence-corrected chi connectivity index (χ4v) is 11.9. The lowest BCUT2D eigenvalue weighted by Crippen LogP contribution is -2.71. The number of ether oxygens (including phenoxy) is 13. The van der Waals surface area contributed by atoms with Crippen molar-refractivity contribution in [3.05, 3.63) is 215 Å². The first-order valence-electron chi connectivity index (χ1n) is 31.3. The van der Waals surface area contributed by atoms with Gasteiger partial charge < -0.3 is 77.5 Å². The zero-order chi connectivity index (χ0) is 73.8. The number of alkyl carbamates (subject to hydrolysis) is 1. The van der Waals surface area contributed by atoms with Crippen LogP contribution in [0.3, 0.4) is 0 Å². The van der Waals surface area contributed by atoms with Gasteiger partial charge in [-0.05, 0) is 66.2 Å². The molecule has 0 spiro atoms. The number of hydrogen-bond donors (Lipinski definition) is 5. The molecule has 33 nitrogen and oxygen atoms in total. The minimum atomic E-state index is -5.77. The molecule has 3 amide bonds. The van der Waals surface area contributed by atoms with E-state index in [0.717, 1.165) is 21.0 Å². The number of nitrogens with one attached hydrogen (secondary N) is 3. The molecular formula is C68H69N3O30S2. The van der Waals surface area contributed by atoms with E-state index < -0.39 is 186 Å². The van der Waals surface area contributed by atoms with E-state index in [1.165, 1.54) is 140 Å². The first-order chi connectivity index (χ1) is 49.3. The number of carbonyl (C=O) groups is 9. The first-order valence-corrected chi connectivity index (χ1v) is 34.0. The molecule has 0 bridgehead atoms. The van der Waals surface area contributed by atoms with E-state index in [1.807, 2.05) is 0 Å². The normalized spacial score (nSPS) is 24.7. The molecule has 0 aliphatic carbocycles. The van der Waals surface area contributed by atoms with Crippen LogP contribution >= 0.6 is 0 Å². The van der Waals surface area contributed by atoms with Crippen LogP contribution in [0.1, 0.15) is 71.2 Å². The maximum absolute atomic E-state index is 14.9. The summed E-state index contributed by atoms with van der Waals surface area (Å²) in [6, 6.07) is 39.7. The molecule has 103 heavy (non-hydrogen) atoms. The van der Waals surface area contributed by atoms with Crippen molar-refractivity contribution >= 4 is 74.5 Å². The van der Waals surface area contributed by atoms with Gasteiger partial charge in [-0.25, -0.2) is 41.9 Å². The summed E-state index contributed by atoms with van der Waals surface area (Å²) >= 11 is 0. The zero-order valence-corrected chi connectivity index (χ0v) is 56.3. The third-order valence-electron chi connectivity index (χ3n) is 15.4. The molecule has 0 unspecified atom stereocenters. The average molecular weight is 1470 g/mol. The maximum atomic E-state index is 14.9. The number of benzene rings is 6. The van der Waals surface area contributed by atoms with Crippen LogP contribution in [0.25, 0.3) is 0 Å². The summed E-state index contributed by atoms with van der Waals surface area (Å²) in [4.78, 5) is 126. The summed E-state index contributed by atoms with van der Waals surface area (Å²) in [5, 5.41) is 7.41. The predicted octanol–water partition coefficient (Wildman–Crippen LogP) is 3.82. The lowest BCUT2D eigenvalue weighted by molar-refractivity contribution is -0.357. The molecule has 3 fully saturated rings. The van der Waals surface area contributed by atoms with Crippen LogP contribution < -0.4 is 16.0 Å². The van der Waals surface area contributed by atoms with Crippen molar-refractivity contribution in [2.75, 3.05) is 33.5 Å². The first kappa shape index (κ1) is 77.0. The predicted molar refractivity (Wildman–Crippen MR) is 347 cm³/mol. The molecule has 0 radical (unpaired) electrons. The lowest BCUT2D eigenvalue weighted by atomic mass is 9.93. The second-order valence-corrected chi connectivity index (χ2v) is 24.8. The number of carbonyl (C=O) groups excluding carboxylic acids is 9. The molecule has 9 rings (SSSR count). The number of amides is 3. The molecule has 548 valence electrons. The summed E-state index contributed by atoms with van der Waals surface area (Å²) in [5.74, 6) is -9.42. The van der Waals surface area contributed by atoms with Crippen molar-refractivity contribution in [1.29, 1.82) is 0 Å². The van der Waals surface area contributed by atoms with Crippen molar-refractivity contribution < 1.29 is 139 Å². The Hall–Kier alpha value is -10.2. The summed E-state index contributed by atoms with van der Waals surface area (Å²) < 4.78 is 163. The zero-order valence-electron chi connectivity index (χ0n) is 54.7. The fraction of sp³-hybridized carbons (Fsp3) is 0.338. The van der Waals surface area contributed by atoms with Crippen molar-refractivity contribution in [1.82, 2.24) is 16.0 Å². The molecule has 6 aromatic carbocycles. The highest BCUT2D eigenvalue weighted by molar-refractivity contribution is 7.81. The fourth-order valence-electron chi connectivity index (χ4n) is 10.9. The van der Waals surface area contributed by atoms with E-state index in [0.29, 0.717) is 5.56 Å². The molecule has 0 aromatic heterocycles. The van der Waals surface area contributed by atoms with Crippen molar-refractivity contribution in [2.45, 2.75) is 112 Å². The second kappa shape index (κ2) is 36.1. The third-order valence-corrected chi connectivity index (χ3v) is 16.3. The Bertz CT molecular complexity index is 4120. The van der Waals surface area contributed by atoms with E-state index in [1.54, 1.807) is 42.5 Å². The van der Waals surface area contributed by atoms with Crippen LogP contribution in [0.5, 0.6) is 0 Å². The summed E-state index contributed by atoms with van der Waals surface area (Å²) in [7, 11) is -10.6. The van der Waals surface area contributed by atoms with Gasteiger partial charge in [0.15, 0.2) is 43.3 Å². The van der Waals surface area contributed by atoms with Gasteiger partial charge in [0.25, 0.3) is 0 Å². The van der Waals surface area contributed by atoms with E-state index in [9.17, 15) is 69.1 Å². The molecule has 5 N–H and O–H groups in total. The summed E-state index contributed by atoms with van der Waals surface area (Å²) in [6.07, 6.45) is -31.0. The van der Waals surface area contributed by atoms with Crippen molar-refractivity contribution in [2.24, 2.45) is 0 Å². The van der Waals surface area contributed by atoms with Gasteiger partial charge in [0, 0.05) is 20.4 Å². The minimum absolute atomic E-state index is 0.0353. The molecule has 3 aliphatic heterocycles. The molecular weight excluding hydrogens is 1400 g/mol. The van der Waals surface area contributed by atoms with E-state index >= 15 is 0 Å². The average Bonchev–Trinajstić information content (AvgIpc) is 0.755. The smallest absolute Gasteiger partial charge is 0.407 e. The quantitative estimate of drug-likeness (QED) is 0.0193. The van der Waals surface area contributed by atoms with E-state index in [4.69, 9.17) is 69.9 Å². The largest absolute Gasteiger partial charge is 0.467 e. The van der Waals surface area contributed by atoms with Crippen molar-refractivity contribution in [3.8, 4) is 0 Å². The number of rotatable bonds is 29. The standard InChI is InChI=1S/C68H69N3O30S2/c1-39(72)70-49-54(52(101-103(84,85)86)47(37-89-59(74)42-24-12-5-13-25-42)92-65(49)88-35-34-69-68(80)91-36-41-22-10-4-11-23-41)97-67-58(96-63(78)46-32-20-9-21-33-46)56(95-62(77)45-30-18-8-19-31-45)55(57(99-67)64(79)87-3)98-66-50(71-40(2)73)53(94-61(76)44-28-16-7-17-29-44)51(100-102(81,82)83)48(93-66)38-90-60(75)43-26-14-6-15-27-43/h4-33,47-58,65-67H,34-38H2,1-3H3,(H,69,80)(H,70,72)(H,71,73)(H,81,82,83)(H,84,85,86)/t47-,48-,49-,50-,51+,52+,53-,54-,55+,56+,57+,58-,65-,66+,67-/m1/s1. The van der Waals surface area contributed by atoms with Crippen molar-refractivity contribution in [3.63, 3.8) is 0 Å². The Morgan fingerprint density at radius 3 is 1.23 bits per heavy atom. The second-order valence-electron chi connectivity index (χ2n) is 22.7. The lowest BCUT2D eigenvalue weighted by Gasteiger charge is -2.50. The molecule has 0 saturated carbocycles. The topological polar surface area (TPSA) is 437 Å². The minimum Gasteiger partial charge on any atom is -0.467 e. The Morgan fingerprint density at radius 2 is 0.806 bits per heavy atom. The van der Waals surface area contributed by atoms with Crippen LogP contribution in [-0.4, -0.2) is 205 Å². The van der Waals surface area contributed by atoms with Gasteiger partial charge in [-0.3, -0.25) is 18.7 Å². The molecule has 6 aromatic rings. The Labute approximate surface area is 588 Å². The highest BCUT2D eigenvalue weighted by Crippen LogP contribution is 2.39. The third kappa shape index (κ3) is 21.9. The van der Waals surface area contributed by atoms with E-state index in [2.05, 4.69) is 16.0 Å². The molecule has 35 heteroatoms. The Kier molecular flexibility index (Phi) is 27.0. The van der Waals surface area contributed by atoms with Crippen LogP contribution in [-0.2, 0) is 112 Å².